The van der Waals surface area contributed by atoms with Gasteiger partial charge in [-0.05, 0) is 73.6 Å². The topological polar surface area (TPSA) is 43.4 Å². The molecule has 24 heavy (non-hydrogen) atoms. The second-order valence-corrected chi connectivity index (χ2v) is 6.61. The van der Waals surface area contributed by atoms with Gasteiger partial charge in [0, 0.05) is 0 Å². The highest BCUT2D eigenvalue weighted by Crippen LogP contribution is 2.15. The van der Waals surface area contributed by atoms with Crippen LogP contribution < -0.4 is 0 Å². The Labute approximate surface area is 147 Å². The van der Waals surface area contributed by atoms with Gasteiger partial charge in [-0.2, -0.15) is 0 Å². The van der Waals surface area contributed by atoms with E-state index >= 15 is 0 Å². The molecule has 0 radical (unpaired) electrons. The van der Waals surface area contributed by atoms with Crippen molar-refractivity contribution in [3.05, 3.63) is 34.9 Å². The third-order valence-corrected chi connectivity index (χ3v) is 3.89. The highest BCUT2D eigenvalue weighted by atomic mass is 16.5. The van der Waals surface area contributed by atoms with Crippen LogP contribution in [0.15, 0.2) is 34.9 Å². The van der Waals surface area contributed by atoms with Gasteiger partial charge in [0.25, 0.3) is 0 Å². The molecule has 0 saturated carbocycles. The monoisotopic (exact) mass is 336 g/mol. The molecular weight excluding hydrogens is 302 g/mol. The molecule has 0 rings (SSSR count). The summed E-state index contributed by atoms with van der Waals surface area (Å²) in [5, 5.41) is 0. The van der Waals surface area contributed by atoms with Gasteiger partial charge >= 0.3 is 5.97 Å². The molecular formula is C21H34O3. The predicted octanol–water partition coefficient (Wildman–Crippen LogP) is 5.56. The number of ketones is 1. The van der Waals surface area contributed by atoms with E-state index < -0.39 is 11.9 Å². The molecule has 136 valence electrons. The zero-order valence-electron chi connectivity index (χ0n) is 16.3. The van der Waals surface area contributed by atoms with Gasteiger partial charge in [0.2, 0.25) is 0 Å². The van der Waals surface area contributed by atoms with Crippen LogP contribution in [-0.4, -0.2) is 18.4 Å². The Bertz CT molecular complexity index is 491. The molecule has 0 amide bonds. The Morgan fingerprint density at radius 2 is 1.42 bits per heavy atom. The Kier molecular flexibility index (Phi) is 11.9. The van der Waals surface area contributed by atoms with E-state index in [1.807, 2.05) is 6.08 Å². The van der Waals surface area contributed by atoms with Crippen molar-refractivity contribution >= 4 is 11.8 Å². The van der Waals surface area contributed by atoms with Crippen molar-refractivity contribution in [2.24, 2.45) is 5.92 Å². The Morgan fingerprint density at radius 3 is 1.92 bits per heavy atom. The molecule has 3 nitrogen and oxygen atoms in total. The molecule has 0 spiro atoms. The zero-order chi connectivity index (χ0) is 18.5. The molecule has 0 fully saturated rings. The molecule has 0 bridgehead atoms. The number of esters is 1. The fourth-order valence-electron chi connectivity index (χ4n) is 2.33. The van der Waals surface area contributed by atoms with Crippen molar-refractivity contribution in [2.75, 3.05) is 6.61 Å². The van der Waals surface area contributed by atoms with Crippen LogP contribution >= 0.6 is 0 Å². The number of ether oxygens (including phenoxy) is 1. The standard InChI is InChI=1S/C21H34O3/c1-7-24-21(23)20(19(6)22)15-14-18(5)13-9-12-17(4)11-8-10-16(2)3/h10,12,14,20H,7-9,11,13,15H2,1-6H3/b17-12+,18-14+/i6+1,19+1. The third kappa shape index (κ3) is 11.0. The number of carbonyl (C=O) groups excluding carboxylic acids is 2. The van der Waals surface area contributed by atoms with Crippen molar-refractivity contribution in [3.63, 3.8) is 0 Å². The summed E-state index contributed by atoms with van der Waals surface area (Å²) in [6.07, 6.45) is 11.1. The number of allylic oxidation sites excluding steroid dienone is 6. The summed E-state index contributed by atoms with van der Waals surface area (Å²) in [6, 6.07) is 0. The highest BCUT2D eigenvalue weighted by molar-refractivity contribution is 5.97. The summed E-state index contributed by atoms with van der Waals surface area (Å²) in [4.78, 5) is 23.3. The summed E-state index contributed by atoms with van der Waals surface area (Å²) >= 11 is 0. The lowest BCUT2D eigenvalue weighted by Crippen LogP contribution is -2.23. The smallest absolute Gasteiger partial charge is 0.316 e. The van der Waals surface area contributed by atoms with Crippen LogP contribution in [0, 0.1) is 5.92 Å². The Hall–Kier alpha value is -1.64. The SMILES string of the molecule is CCOC(=O)C(C/C=C(\C)CC/C=C(\C)CCC=C(C)C)[13C]([13CH3])=O. The van der Waals surface area contributed by atoms with Crippen LogP contribution in [0.25, 0.3) is 0 Å². The fourth-order valence-corrected chi connectivity index (χ4v) is 2.33. The summed E-state index contributed by atoms with van der Waals surface area (Å²) in [5.41, 5.74) is 3.98. The molecule has 0 aromatic heterocycles. The molecule has 0 saturated heterocycles. The molecule has 0 aliphatic carbocycles. The van der Waals surface area contributed by atoms with E-state index in [1.54, 1.807) is 6.92 Å². The average molecular weight is 336 g/mol. The quantitative estimate of drug-likeness (QED) is 0.214. The van der Waals surface area contributed by atoms with Gasteiger partial charge in [-0.1, -0.05) is 34.9 Å². The van der Waals surface area contributed by atoms with Crippen LogP contribution in [0.2, 0.25) is 0 Å². The Balaban J connectivity index is 4.36. The summed E-state index contributed by atoms with van der Waals surface area (Å²) in [6.45, 7) is 12.0. The van der Waals surface area contributed by atoms with E-state index in [-0.39, 0.29) is 5.78 Å². The normalized spacial score (nSPS) is 13.4. The number of Topliss-reactive ketones (excluding diaryl/α,β-unsaturated/α-hetero) is 1. The van der Waals surface area contributed by atoms with E-state index in [0.717, 1.165) is 25.7 Å². The first-order valence-electron chi connectivity index (χ1n) is 8.89. The maximum absolute atomic E-state index is 11.8. The fraction of sp³-hybridized carbons (Fsp3) is 0.619. The maximum atomic E-state index is 11.8. The number of rotatable bonds is 11. The number of carbonyl (C=O) groups is 2. The van der Waals surface area contributed by atoms with E-state index in [9.17, 15) is 9.59 Å². The van der Waals surface area contributed by atoms with E-state index in [0.29, 0.717) is 13.0 Å². The van der Waals surface area contributed by atoms with Gasteiger partial charge in [0.1, 0.15) is 11.7 Å². The molecule has 0 aliphatic heterocycles. The van der Waals surface area contributed by atoms with Crippen LogP contribution in [0.5, 0.6) is 0 Å². The molecule has 1 atom stereocenters. The minimum absolute atomic E-state index is 0.132. The lowest BCUT2D eigenvalue weighted by Gasteiger charge is -2.10. The third-order valence-electron chi connectivity index (χ3n) is 3.89. The van der Waals surface area contributed by atoms with Gasteiger partial charge in [-0.15, -0.1) is 0 Å². The van der Waals surface area contributed by atoms with Crippen LogP contribution in [0.1, 0.15) is 73.6 Å². The second-order valence-electron chi connectivity index (χ2n) is 6.61. The van der Waals surface area contributed by atoms with Crippen molar-refractivity contribution in [1.29, 1.82) is 0 Å². The summed E-state index contributed by atoms with van der Waals surface area (Å²) in [7, 11) is 0. The van der Waals surface area contributed by atoms with Crippen molar-refractivity contribution in [3.8, 4) is 0 Å². The second kappa shape index (κ2) is 12.7. The first kappa shape index (κ1) is 22.4. The van der Waals surface area contributed by atoms with E-state index in [2.05, 4.69) is 39.8 Å². The van der Waals surface area contributed by atoms with Crippen LogP contribution in [0.3, 0.4) is 0 Å². The molecule has 1 unspecified atom stereocenters. The first-order chi connectivity index (χ1) is 11.3. The Morgan fingerprint density at radius 1 is 0.875 bits per heavy atom. The lowest BCUT2D eigenvalue weighted by atomic mass is 10.0. The van der Waals surface area contributed by atoms with Crippen LogP contribution in [-0.2, 0) is 14.3 Å². The van der Waals surface area contributed by atoms with Crippen molar-refractivity contribution < 1.29 is 14.3 Å². The average Bonchev–Trinajstić information content (AvgIpc) is 2.46. The van der Waals surface area contributed by atoms with Gasteiger partial charge in [0.05, 0.1) is 6.61 Å². The minimum atomic E-state index is -0.666. The molecule has 0 aliphatic rings. The van der Waals surface area contributed by atoms with Gasteiger partial charge in [-0.25, -0.2) is 0 Å². The van der Waals surface area contributed by atoms with E-state index in [4.69, 9.17) is 4.74 Å². The summed E-state index contributed by atoms with van der Waals surface area (Å²) in [5.74, 6) is -1.21. The van der Waals surface area contributed by atoms with Gasteiger partial charge < -0.3 is 4.74 Å². The number of hydrogen-bond acceptors (Lipinski definition) is 3. The largest absolute Gasteiger partial charge is 0.465 e. The van der Waals surface area contributed by atoms with Crippen LogP contribution in [0.4, 0.5) is 0 Å². The van der Waals surface area contributed by atoms with Crippen molar-refractivity contribution in [2.45, 2.75) is 73.6 Å². The summed E-state index contributed by atoms with van der Waals surface area (Å²) < 4.78 is 4.96. The highest BCUT2D eigenvalue weighted by Gasteiger charge is 2.23. The van der Waals surface area contributed by atoms with Gasteiger partial charge in [0.15, 0.2) is 0 Å². The van der Waals surface area contributed by atoms with E-state index in [1.165, 1.54) is 23.6 Å². The lowest BCUT2D eigenvalue weighted by molar-refractivity contribution is -0.150. The minimum Gasteiger partial charge on any atom is -0.465 e. The predicted molar refractivity (Wildman–Crippen MR) is 101 cm³/mol. The first-order valence-corrected chi connectivity index (χ1v) is 8.89. The molecule has 0 aromatic carbocycles. The molecule has 3 heteroatoms. The number of hydrogen-bond donors (Lipinski definition) is 0. The van der Waals surface area contributed by atoms with Crippen molar-refractivity contribution in [1.82, 2.24) is 0 Å². The molecule has 0 aromatic rings. The maximum Gasteiger partial charge on any atom is 0.316 e. The molecule has 0 heterocycles. The zero-order valence-corrected chi connectivity index (χ0v) is 16.3. The van der Waals surface area contributed by atoms with Gasteiger partial charge in [-0.3, -0.25) is 9.59 Å². The molecule has 0 N–H and O–H groups in total.